The lowest BCUT2D eigenvalue weighted by Gasteiger charge is -2.13. The average molecular weight is 332 g/mol. The molecule has 3 N–H and O–H groups in total. The summed E-state index contributed by atoms with van der Waals surface area (Å²) in [7, 11) is 2.64. The van der Waals surface area contributed by atoms with Gasteiger partial charge in [0.05, 0.1) is 5.56 Å². The molecule has 0 saturated carbocycles. The SMILES string of the molecule is CC(=O)Oc1ccccc1C(=O)Nc1c(N)n(C)c(=O)n(C)c1=O. The van der Waals surface area contributed by atoms with Crippen molar-refractivity contribution in [2.75, 3.05) is 11.1 Å². The number of nitrogens with one attached hydrogen (secondary N) is 1. The lowest BCUT2D eigenvalue weighted by atomic mass is 10.2. The summed E-state index contributed by atoms with van der Waals surface area (Å²) in [4.78, 5) is 47.5. The van der Waals surface area contributed by atoms with Crippen molar-refractivity contribution in [1.29, 1.82) is 0 Å². The molecular formula is C15H16N4O5. The number of carbonyl (C=O) groups excluding carboxylic acids is 2. The van der Waals surface area contributed by atoms with Crippen LogP contribution >= 0.6 is 0 Å². The highest BCUT2D eigenvalue weighted by atomic mass is 16.5. The van der Waals surface area contributed by atoms with Gasteiger partial charge in [0, 0.05) is 21.0 Å². The number of hydrogen-bond acceptors (Lipinski definition) is 6. The minimum atomic E-state index is -0.742. The largest absolute Gasteiger partial charge is 0.426 e. The molecule has 0 aliphatic carbocycles. The van der Waals surface area contributed by atoms with E-state index in [4.69, 9.17) is 10.5 Å². The zero-order valence-electron chi connectivity index (χ0n) is 13.3. The van der Waals surface area contributed by atoms with Crippen molar-refractivity contribution in [1.82, 2.24) is 9.13 Å². The monoisotopic (exact) mass is 332 g/mol. The smallest absolute Gasteiger partial charge is 0.332 e. The molecule has 9 nitrogen and oxygen atoms in total. The number of ether oxygens (including phenoxy) is 1. The first-order valence-electron chi connectivity index (χ1n) is 6.88. The lowest BCUT2D eigenvalue weighted by molar-refractivity contribution is -0.131. The van der Waals surface area contributed by atoms with Crippen LogP contribution in [-0.2, 0) is 18.9 Å². The normalized spacial score (nSPS) is 10.3. The molecule has 0 radical (unpaired) electrons. The second-order valence-corrected chi connectivity index (χ2v) is 5.01. The third-order valence-electron chi connectivity index (χ3n) is 3.33. The van der Waals surface area contributed by atoms with Gasteiger partial charge in [-0.25, -0.2) is 4.79 Å². The third-order valence-corrected chi connectivity index (χ3v) is 3.33. The predicted octanol–water partition coefficient (Wildman–Crippen LogP) is -0.156. The summed E-state index contributed by atoms with van der Waals surface area (Å²) < 4.78 is 6.82. The fourth-order valence-corrected chi connectivity index (χ4v) is 2.06. The van der Waals surface area contributed by atoms with E-state index in [0.717, 1.165) is 9.13 Å². The summed E-state index contributed by atoms with van der Waals surface area (Å²) in [6, 6.07) is 6.04. The van der Waals surface area contributed by atoms with Crippen molar-refractivity contribution < 1.29 is 14.3 Å². The Kier molecular flexibility index (Phi) is 4.54. The molecule has 2 aromatic rings. The topological polar surface area (TPSA) is 125 Å². The summed E-state index contributed by atoms with van der Waals surface area (Å²) in [6.45, 7) is 1.20. The summed E-state index contributed by atoms with van der Waals surface area (Å²) >= 11 is 0. The van der Waals surface area contributed by atoms with Gasteiger partial charge in [0.15, 0.2) is 0 Å². The minimum Gasteiger partial charge on any atom is -0.426 e. The summed E-state index contributed by atoms with van der Waals surface area (Å²) in [5, 5.41) is 2.37. The van der Waals surface area contributed by atoms with Crippen LogP contribution in [0.1, 0.15) is 17.3 Å². The number of nitrogen functional groups attached to an aromatic ring is 1. The number of aromatic nitrogens is 2. The molecule has 1 amide bonds. The Morgan fingerprint density at radius 1 is 1.12 bits per heavy atom. The van der Waals surface area contributed by atoms with Crippen molar-refractivity contribution in [2.45, 2.75) is 6.92 Å². The fourth-order valence-electron chi connectivity index (χ4n) is 2.06. The lowest BCUT2D eigenvalue weighted by Crippen LogP contribution is -2.40. The highest BCUT2D eigenvalue weighted by Gasteiger charge is 2.19. The summed E-state index contributed by atoms with van der Waals surface area (Å²) in [5.74, 6) is -1.42. The zero-order valence-corrected chi connectivity index (χ0v) is 13.3. The molecule has 0 fully saturated rings. The van der Waals surface area contributed by atoms with E-state index in [9.17, 15) is 19.2 Å². The molecular weight excluding hydrogens is 316 g/mol. The van der Waals surface area contributed by atoms with Crippen molar-refractivity contribution >= 4 is 23.4 Å². The maximum Gasteiger partial charge on any atom is 0.332 e. The van der Waals surface area contributed by atoms with E-state index < -0.39 is 23.1 Å². The molecule has 9 heteroatoms. The molecule has 0 aliphatic rings. The van der Waals surface area contributed by atoms with Gasteiger partial charge in [-0.2, -0.15) is 0 Å². The highest BCUT2D eigenvalue weighted by molar-refractivity contribution is 6.07. The molecule has 24 heavy (non-hydrogen) atoms. The number of para-hydroxylation sites is 1. The molecule has 0 saturated heterocycles. The number of carbonyl (C=O) groups is 2. The van der Waals surface area contributed by atoms with E-state index in [2.05, 4.69) is 5.32 Å². The number of benzene rings is 1. The average Bonchev–Trinajstić information content (AvgIpc) is 2.55. The molecule has 1 aromatic heterocycles. The molecule has 0 aliphatic heterocycles. The van der Waals surface area contributed by atoms with E-state index >= 15 is 0 Å². The van der Waals surface area contributed by atoms with Crippen molar-refractivity contribution in [3.63, 3.8) is 0 Å². The Balaban J connectivity index is 2.48. The maximum atomic E-state index is 12.4. The molecule has 0 atom stereocenters. The third kappa shape index (κ3) is 3.05. The number of nitrogens with two attached hydrogens (primary N) is 1. The number of hydrogen-bond donors (Lipinski definition) is 2. The van der Waals surface area contributed by atoms with Crippen LogP contribution in [0.25, 0.3) is 0 Å². The molecule has 2 rings (SSSR count). The summed E-state index contributed by atoms with van der Waals surface area (Å²) in [5.41, 5.74) is 4.20. The minimum absolute atomic E-state index is 0.0442. The molecule has 1 heterocycles. The second-order valence-electron chi connectivity index (χ2n) is 5.01. The molecule has 1 aromatic carbocycles. The first-order chi connectivity index (χ1) is 11.2. The Morgan fingerprint density at radius 3 is 2.38 bits per heavy atom. The van der Waals surface area contributed by atoms with Crippen LogP contribution in [0.2, 0.25) is 0 Å². The van der Waals surface area contributed by atoms with E-state index in [1.54, 1.807) is 12.1 Å². The first kappa shape index (κ1) is 17.0. The van der Waals surface area contributed by atoms with Crippen LogP contribution in [0.3, 0.4) is 0 Å². The van der Waals surface area contributed by atoms with Gasteiger partial charge in [-0.1, -0.05) is 12.1 Å². The van der Waals surface area contributed by atoms with Gasteiger partial charge in [-0.15, -0.1) is 0 Å². The van der Waals surface area contributed by atoms with Crippen LogP contribution in [0.5, 0.6) is 5.75 Å². The Morgan fingerprint density at radius 2 is 1.75 bits per heavy atom. The van der Waals surface area contributed by atoms with Crippen LogP contribution < -0.4 is 27.0 Å². The van der Waals surface area contributed by atoms with E-state index in [0.29, 0.717) is 0 Å². The Hall–Kier alpha value is -3.36. The van der Waals surface area contributed by atoms with E-state index in [1.807, 2.05) is 0 Å². The second kappa shape index (κ2) is 6.41. The molecule has 0 spiro atoms. The first-order valence-corrected chi connectivity index (χ1v) is 6.88. The van der Waals surface area contributed by atoms with Gasteiger partial charge in [0.1, 0.15) is 17.3 Å². The van der Waals surface area contributed by atoms with E-state index in [-0.39, 0.29) is 22.8 Å². The van der Waals surface area contributed by atoms with Crippen molar-refractivity contribution in [3.8, 4) is 5.75 Å². The highest BCUT2D eigenvalue weighted by Crippen LogP contribution is 2.20. The van der Waals surface area contributed by atoms with Crippen LogP contribution in [0.15, 0.2) is 33.9 Å². The molecule has 0 unspecified atom stereocenters. The summed E-state index contributed by atoms with van der Waals surface area (Å²) in [6.07, 6.45) is 0. The van der Waals surface area contributed by atoms with Crippen molar-refractivity contribution in [3.05, 3.63) is 50.7 Å². The number of esters is 1. The van der Waals surface area contributed by atoms with Crippen molar-refractivity contribution in [2.24, 2.45) is 14.1 Å². The standard InChI is InChI=1S/C15H16N4O5/c1-8(20)24-10-7-5-4-6-9(10)13(21)17-11-12(16)18(2)15(23)19(3)14(11)22/h4-7H,16H2,1-3H3,(H,17,21). The zero-order chi connectivity index (χ0) is 18.0. The van der Waals surface area contributed by atoms with Crippen LogP contribution in [0, 0.1) is 0 Å². The quantitative estimate of drug-likeness (QED) is 0.594. The fraction of sp³-hybridized carbons (Fsp3) is 0.200. The van der Waals surface area contributed by atoms with Gasteiger partial charge in [0.2, 0.25) is 0 Å². The van der Waals surface area contributed by atoms with Gasteiger partial charge in [-0.3, -0.25) is 23.5 Å². The van der Waals surface area contributed by atoms with Gasteiger partial charge in [-0.05, 0) is 12.1 Å². The Labute approximate surface area is 136 Å². The van der Waals surface area contributed by atoms with Crippen LogP contribution in [0.4, 0.5) is 11.5 Å². The molecule has 0 bridgehead atoms. The number of anilines is 2. The van der Waals surface area contributed by atoms with Crippen LogP contribution in [-0.4, -0.2) is 21.0 Å². The number of nitrogens with zero attached hydrogens (tertiary/aromatic N) is 2. The number of rotatable bonds is 3. The number of amides is 1. The van der Waals surface area contributed by atoms with E-state index in [1.165, 1.54) is 33.2 Å². The Bertz CT molecular complexity index is 942. The molecule has 126 valence electrons. The maximum absolute atomic E-state index is 12.4. The van der Waals surface area contributed by atoms with Gasteiger partial charge in [0.25, 0.3) is 11.5 Å². The predicted molar refractivity (Wildman–Crippen MR) is 87.0 cm³/mol. The van der Waals surface area contributed by atoms with Gasteiger partial charge < -0.3 is 15.8 Å². The van der Waals surface area contributed by atoms with Gasteiger partial charge >= 0.3 is 11.7 Å².